The summed E-state index contributed by atoms with van der Waals surface area (Å²) in [5.74, 6) is 0.610. The van der Waals surface area contributed by atoms with Crippen LogP contribution >= 0.6 is 24.0 Å². The van der Waals surface area contributed by atoms with E-state index in [1.807, 2.05) is 25.1 Å². The summed E-state index contributed by atoms with van der Waals surface area (Å²) in [7, 11) is 1.64. The molecule has 0 aliphatic heterocycles. The monoisotopic (exact) mass is 564 g/mol. The van der Waals surface area contributed by atoms with Gasteiger partial charge in [-0.2, -0.15) is 13.2 Å². The van der Waals surface area contributed by atoms with Crippen molar-refractivity contribution in [2.45, 2.75) is 32.6 Å². The van der Waals surface area contributed by atoms with Gasteiger partial charge in [0.2, 0.25) is 0 Å². The Morgan fingerprint density at radius 3 is 2.25 bits per heavy atom. The van der Waals surface area contributed by atoms with E-state index in [1.54, 1.807) is 25.2 Å². The molecule has 0 spiro atoms. The summed E-state index contributed by atoms with van der Waals surface area (Å²) >= 11 is 0. The van der Waals surface area contributed by atoms with Crippen LogP contribution in [0.15, 0.2) is 53.5 Å². The Balaban J connectivity index is 0.00000512. The molecule has 0 aliphatic carbocycles. The summed E-state index contributed by atoms with van der Waals surface area (Å²) in [6.45, 7) is 2.21. The first-order chi connectivity index (χ1) is 14.8. The van der Waals surface area contributed by atoms with Gasteiger partial charge in [-0.1, -0.05) is 31.2 Å². The Morgan fingerprint density at radius 2 is 1.66 bits per heavy atom. The summed E-state index contributed by atoms with van der Waals surface area (Å²) in [5.41, 5.74) is 2.39. The van der Waals surface area contributed by atoms with E-state index < -0.39 is 12.8 Å². The van der Waals surface area contributed by atoms with Gasteiger partial charge in [-0.05, 0) is 41.8 Å². The minimum Gasteiger partial charge on any atom is -0.484 e. The van der Waals surface area contributed by atoms with E-state index in [1.165, 1.54) is 12.1 Å². The molecule has 6 nitrogen and oxygen atoms in total. The van der Waals surface area contributed by atoms with E-state index >= 15 is 0 Å². The van der Waals surface area contributed by atoms with Gasteiger partial charge in [-0.25, -0.2) is 0 Å². The van der Waals surface area contributed by atoms with Gasteiger partial charge in [0.1, 0.15) is 5.75 Å². The molecular weight excluding hydrogens is 536 g/mol. The summed E-state index contributed by atoms with van der Waals surface area (Å²) in [6.07, 6.45) is -3.49. The predicted molar refractivity (Wildman–Crippen MR) is 130 cm³/mol. The molecule has 10 heteroatoms. The second-order valence-corrected chi connectivity index (χ2v) is 6.78. The summed E-state index contributed by atoms with van der Waals surface area (Å²) < 4.78 is 41.3. The summed E-state index contributed by atoms with van der Waals surface area (Å²) in [6, 6.07) is 13.7. The minimum atomic E-state index is -4.36. The van der Waals surface area contributed by atoms with Crippen LogP contribution in [-0.2, 0) is 13.1 Å². The Labute approximate surface area is 203 Å². The van der Waals surface area contributed by atoms with Gasteiger partial charge in [0.15, 0.2) is 12.6 Å². The molecule has 1 amide bonds. The third-order valence-electron chi connectivity index (χ3n) is 4.19. The average molecular weight is 564 g/mol. The summed E-state index contributed by atoms with van der Waals surface area (Å²) in [4.78, 5) is 16.2. The van der Waals surface area contributed by atoms with E-state index in [-0.39, 0.29) is 35.6 Å². The molecule has 0 atom stereocenters. The van der Waals surface area contributed by atoms with E-state index in [0.717, 1.165) is 17.5 Å². The van der Waals surface area contributed by atoms with Crippen molar-refractivity contribution in [1.82, 2.24) is 16.0 Å². The third-order valence-corrected chi connectivity index (χ3v) is 4.19. The molecule has 0 unspecified atom stereocenters. The maximum absolute atomic E-state index is 12.2. The van der Waals surface area contributed by atoms with Crippen molar-refractivity contribution < 1.29 is 22.7 Å². The van der Waals surface area contributed by atoms with E-state index in [4.69, 9.17) is 4.74 Å². The maximum Gasteiger partial charge on any atom is 0.422 e. The number of amides is 1. The lowest BCUT2D eigenvalue weighted by Crippen LogP contribution is -2.36. The van der Waals surface area contributed by atoms with Crippen molar-refractivity contribution in [2.75, 3.05) is 20.2 Å². The second-order valence-electron chi connectivity index (χ2n) is 6.78. The van der Waals surface area contributed by atoms with Gasteiger partial charge in [0, 0.05) is 32.2 Å². The average Bonchev–Trinajstić information content (AvgIpc) is 2.76. The van der Waals surface area contributed by atoms with Crippen molar-refractivity contribution in [3.8, 4) is 5.75 Å². The first-order valence-electron chi connectivity index (χ1n) is 9.91. The molecule has 0 aromatic heterocycles. The Hall–Kier alpha value is -2.50. The molecule has 0 saturated heterocycles. The number of alkyl halides is 3. The van der Waals surface area contributed by atoms with Gasteiger partial charge < -0.3 is 20.7 Å². The molecule has 0 fully saturated rings. The molecule has 2 aromatic rings. The van der Waals surface area contributed by atoms with Gasteiger partial charge in [-0.3, -0.25) is 9.79 Å². The van der Waals surface area contributed by atoms with Crippen LogP contribution in [0.2, 0.25) is 0 Å². The van der Waals surface area contributed by atoms with E-state index in [2.05, 4.69) is 20.9 Å². The van der Waals surface area contributed by atoms with Crippen LogP contribution in [0.1, 0.15) is 34.8 Å². The first-order valence-corrected chi connectivity index (χ1v) is 9.91. The number of benzene rings is 2. The fraction of sp³-hybridized carbons (Fsp3) is 0.364. The lowest BCUT2D eigenvalue weighted by atomic mass is 10.1. The topological polar surface area (TPSA) is 74.8 Å². The number of halogens is 4. The largest absolute Gasteiger partial charge is 0.484 e. The number of nitrogens with one attached hydrogen (secondary N) is 3. The SMILES string of the molecule is CCCNC(=O)c1cccc(CNC(=NC)NCc2ccc(OCC(F)(F)F)cc2)c1.I. The van der Waals surface area contributed by atoms with Gasteiger partial charge >= 0.3 is 6.18 Å². The molecular formula is C22H28F3IN4O2. The molecule has 3 N–H and O–H groups in total. The fourth-order valence-electron chi connectivity index (χ4n) is 2.62. The highest BCUT2D eigenvalue weighted by molar-refractivity contribution is 14.0. The van der Waals surface area contributed by atoms with E-state index in [0.29, 0.717) is 31.2 Å². The highest BCUT2D eigenvalue weighted by Gasteiger charge is 2.28. The van der Waals surface area contributed by atoms with Crippen molar-refractivity contribution in [1.29, 1.82) is 0 Å². The molecule has 2 rings (SSSR count). The third kappa shape index (κ3) is 10.2. The number of nitrogens with zero attached hydrogens (tertiary/aromatic N) is 1. The van der Waals surface area contributed by atoms with E-state index in [9.17, 15) is 18.0 Å². The number of guanidine groups is 1. The van der Waals surface area contributed by atoms with Gasteiger partial charge in [0.25, 0.3) is 5.91 Å². The number of carbonyl (C=O) groups is 1. The van der Waals surface area contributed by atoms with Crippen LogP contribution in [0.25, 0.3) is 0 Å². The van der Waals surface area contributed by atoms with Crippen LogP contribution in [0, 0.1) is 0 Å². The number of aliphatic imine (C=N–C) groups is 1. The number of carbonyl (C=O) groups excluding carboxylic acids is 1. The van der Waals surface area contributed by atoms with Crippen molar-refractivity contribution in [2.24, 2.45) is 4.99 Å². The minimum absolute atomic E-state index is 0. The Bertz CT molecular complexity index is 874. The second kappa shape index (κ2) is 13.8. The first kappa shape index (κ1) is 27.5. The van der Waals surface area contributed by atoms with Crippen LogP contribution in [0.4, 0.5) is 13.2 Å². The molecule has 2 aromatic carbocycles. The van der Waals surface area contributed by atoms with Crippen LogP contribution in [0.5, 0.6) is 5.75 Å². The van der Waals surface area contributed by atoms with Crippen molar-refractivity contribution in [3.05, 3.63) is 65.2 Å². The Kier molecular flexibility index (Phi) is 11.9. The summed E-state index contributed by atoms with van der Waals surface area (Å²) in [5, 5.41) is 9.16. The molecule has 176 valence electrons. The maximum atomic E-state index is 12.2. The van der Waals surface area contributed by atoms with Crippen LogP contribution < -0.4 is 20.7 Å². The van der Waals surface area contributed by atoms with Crippen molar-refractivity contribution >= 4 is 35.8 Å². The lowest BCUT2D eigenvalue weighted by Gasteiger charge is -2.13. The number of hydrogen-bond acceptors (Lipinski definition) is 3. The lowest BCUT2D eigenvalue weighted by molar-refractivity contribution is -0.153. The predicted octanol–water partition coefficient (Wildman–Crippen LogP) is 4.25. The van der Waals surface area contributed by atoms with Crippen LogP contribution in [-0.4, -0.2) is 38.2 Å². The highest BCUT2D eigenvalue weighted by Crippen LogP contribution is 2.18. The standard InChI is InChI=1S/C22H27F3N4O2.HI/c1-3-11-27-20(30)18-6-4-5-17(12-18)14-29-21(26-2)28-13-16-7-9-19(10-8-16)31-15-22(23,24)25;/h4-10,12H,3,11,13-15H2,1-2H3,(H,27,30)(H2,26,28,29);1H. The smallest absolute Gasteiger partial charge is 0.422 e. The molecule has 0 aliphatic rings. The van der Waals surface area contributed by atoms with Crippen LogP contribution in [0.3, 0.4) is 0 Å². The normalized spacial score (nSPS) is 11.3. The molecule has 32 heavy (non-hydrogen) atoms. The Morgan fingerprint density at radius 1 is 1.00 bits per heavy atom. The van der Waals surface area contributed by atoms with Crippen molar-refractivity contribution in [3.63, 3.8) is 0 Å². The van der Waals surface area contributed by atoms with Gasteiger partial charge in [0.05, 0.1) is 0 Å². The zero-order chi connectivity index (χ0) is 22.7. The molecule has 0 saturated carbocycles. The number of rotatable bonds is 9. The zero-order valence-electron chi connectivity index (χ0n) is 18.0. The highest BCUT2D eigenvalue weighted by atomic mass is 127. The fourth-order valence-corrected chi connectivity index (χ4v) is 2.62. The molecule has 0 bridgehead atoms. The van der Waals surface area contributed by atoms with Gasteiger partial charge in [-0.15, -0.1) is 24.0 Å². The quantitative estimate of drug-likeness (QED) is 0.242. The molecule has 0 heterocycles. The number of hydrogen-bond donors (Lipinski definition) is 3. The zero-order valence-corrected chi connectivity index (χ0v) is 20.3. The number of ether oxygens (including phenoxy) is 1. The molecule has 0 radical (unpaired) electrons.